The van der Waals surface area contributed by atoms with Gasteiger partial charge in [0.2, 0.25) is 0 Å². The molecule has 0 rings (SSSR count). The van der Waals surface area contributed by atoms with E-state index in [4.69, 9.17) is 11.5 Å². The van der Waals surface area contributed by atoms with E-state index in [2.05, 4.69) is 0 Å². The average Bonchev–Trinajstić information content (AvgIpc) is 1.37. The van der Waals surface area contributed by atoms with E-state index in [1.54, 1.807) is 0 Å². The normalized spacial score (nSPS) is 6.00. The second-order valence-electron chi connectivity index (χ2n) is 0.577. The Bertz CT molecular complexity index is 9.61. The Kier molecular flexibility index (Phi) is 16.7. The number of rotatable bonds is 1. The first-order chi connectivity index (χ1) is 1.91. The van der Waals surface area contributed by atoms with E-state index in [0.717, 1.165) is 0 Å². The van der Waals surface area contributed by atoms with Crippen LogP contribution in [0.4, 0.5) is 0 Å². The van der Waals surface area contributed by atoms with Crippen molar-refractivity contribution < 1.29 is 32.7 Å². The van der Waals surface area contributed by atoms with Crippen LogP contribution in [0.15, 0.2) is 0 Å². The summed E-state index contributed by atoms with van der Waals surface area (Å²) in [4.78, 5) is 0. The molecule has 0 aromatic carbocycles. The van der Waals surface area contributed by atoms with Crippen molar-refractivity contribution in [1.82, 2.24) is 0 Å². The van der Waals surface area contributed by atoms with Gasteiger partial charge in [0.25, 0.3) is 0 Å². The Morgan fingerprint density at radius 1 is 1.00 bits per heavy atom. The number of hydrogen-bond donors (Lipinski definition) is 2. The van der Waals surface area contributed by atoms with Crippen molar-refractivity contribution in [3.05, 3.63) is 0 Å². The molecule has 0 atom stereocenters. The first kappa shape index (κ1) is 9.39. The fourth-order valence-corrected chi connectivity index (χ4v) is 0. The molecule has 4 N–H and O–H groups in total. The molecule has 0 unspecified atom stereocenters. The molecule has 3 heteroatoms. The van der Waals surface area contributed by atoms with Gasteiger partial charge < -0.3 is 11.5 Å². The maximum absolute atomic E-state index is 4.90. The van der Waals surface area contributed by atoms with Crippen LogP contribution in [0.25, 0.3) is 0 Å². The summed E-state index contributed by atoms with van der Waals surface area (Å²) in [5, 5.41) is 0. The van der Waals surface area contributed by atoms with E-state index in [-0.39, 0.29) is 32.7 Å². The van der Waals surface area contributed by atoms with Gasteiger partial charge in [-0.25, -0.2) is 0 Å². The molecule has 0 fully saturated rings. The Morgan fingerprint density at radius 3 is 1.20 bits per heavy atom. The SMILES string of the molecule is NCCN.[Y]. The van der Waals surface area contributed by atoms with Crippen LogP contribution in [0, 0.1) is 0 Å². The second kappa shape index (κ2) is 8.90. The molecule has 0 aromatic rings. The van der Waals surface area contributed by atoms with Crippen molar-refractivity contribution in [3.8, 4) is 0 Å². The van der Waals surface area contributed by atoms with E-state index in [9.17, 15) is 0 Å². The molecular weight excluding hydrogens is 141 g/mol. The molecule has 0 amide bonds. The van der Waals surface area contributed by atoms with Crippen molar-refractivity contribution in [2.45, 2.75) is 0 Å². The standard InChI is InChI=1S/C2H8N2.Y/c3-1-2-4;/h1-4H2;. The van der Waals surface area contributed by atoms with E-state index in [1.807, 2.05) is 0 Å². The molecule has 1 radical (unpaired) electrons. The van der Waals surface area contributed by atoms with Gasteiger partial charge in [-0.3, -0.25) is 0 Å². The molecule has 0 heterocycles. The third-order valence-corrected chi connectivity index (χ3v) is 0.167. The van der Waals surface area contributed by atoms with Crippen LogP contribution < -0.4 is 11.5 Å². The van der Waals surface area contributed by atoms with E-state index in [1.165, 1.54) is 0 Å². The van der Waals surface area contributed by atoms with Gasteiger partial charge in [-0.1, -0.05) is 0 Å². The van der Waals surface area contributed by atoms with Gasteiger partial charge in [0.15, 0.2) is 0 Å². The van der Waals surface area contributed by atoms with Gasteiger partial charge in [0.05, 0.1) is 0 Å². The van der Waals surface area contributed by atoms with E-state index >= 15 is 0 Å². The monoisotopic (exact) mass is 149 g/mol. The first-order valence-electron chi connectivity index (χ1n) is 1.32. The molecule has 0 aliphatic rings. The average molecular weight is 149 g/mol. The summed E-state index contributed by atoms with van der Waals surface area (Å²) in [6.07, 6.45) is 0. The van der Waals surface area contributed by atoms with Crippen LogP contribution in [0.5, 0.6) is 0 Å². The van der Waals surface area contributed by atoms with Crippen LogP contribution in [0.3, 0.4) is 0 Å². The topological polar surface area (TPSA) is 52.0 Å². The minimum atomic E-state index is 0. The summed E-state index contributed by atoms with van der Waals surface area (Å²) >= 11 is 0. The van der Waals surface area contributed by atoms with Crippen LogP contribution in [-0.4, -0.2) is 13.1 Å². The quantitative estimate of drug-likeness (QED) is 0.497. The smallest absolute Gasteiger partial charge is 0.00461 e. The van der Waals surface area contributed by atoms with E-state index in [0.29, 0.717) is 13.1 Å². The summed E-state index contributed by atoms with van der Waals surface area (Å²) in [6.45, 7) is 1.19. The Morgan fingerprint density at radius 2 is 1.20 bits per heavy atom. The first-order valence-corrected chi connectivity index (χ1v) is 1.32. The van der Waals surface area contributed by atoms with Crippen molar-refractivity contribution in [3.63, 3.8) is 0 Å². The Balaban J connectivity index is 0. The van der Waals surface area contributed by atoms with Crippen LogP contribution in [0.2, 0.25) is 0 Å². The molecule has 0 aromatic heterocycles. The summed E-state index contributed by atoms with van der Waals surface area (Å²) in [5.74, 6) is 0. The van der Waals surface area contributed by atoms with Gasteiger partial charge in [-0.05, 0) is 0 Å². The predicted molar refractivity (Wildman–Crippen MR) is 18.1 cm³/mol. The molecule has 0 aliphatic carbocycles. The second-order valence-corrected chi connectivity index (χ2v) is 0.577. The van der Waals surface area contributed by atoms with Crippen LogP contribution >= 0.6 is 0 Å². The molecular formula is C2H8N2Y. The summed E-state index contributed by atoms with van der Waals surface area (Å²) in [7, 11) is 0. The maximum Gasteiger partial charge on any atom is 0.00461 e. The van der Waals surface area contributed by atoms with Gasteiger partial charge >= 0.3 is 0 Å². The van der Waals surface area contributed by atoms with E-state index < -0.39 is 0 Å². The van der Waals surface area contributed by atoms with Crippen LogP contribution in [-0.2, 0) is 32.7 Å². The van der Waals surface area contributed by atoms with Gasteiger partial charge in [0, 0.05) is 45.8 Å². The maximum atomic E-state index is 4.90. The van der Waals surface area contributed by atoms with Crippen LogP contribution in [0.1, 0.15) is 0 Å². The van der Waals surface area contributed by atoms with Crippen molar-refractivity contribution in [1.29, 1.82) is 0 Å². The van der Waals surface area contributed by atoms with Crippen molar-refractivity contribution >= 4 is 0 Å². The van der Waals surface area contributed by atoms with Gasteiger partial charge in [-0.15, -0.1) is 0 Å². The number of hydrogen-bond acceptors (Lipinski definition) is 2. The summed E-state index contributed by atoms with van der Waals surface area (Å²) < 4.78 is 0. The third-order valence-electron chi connectivity index (χ3n) is 0.167. The minimum absolute atomic E-state index is 0. The molecule has 29 valence electrons. The molecule has 0 saturated carbocycles. The zero-order valence-electron chi connectivity index (χ0n) is 3.15. The van der Waals surface area contributed by atoms with Crippen molar-refractivity contribution in [2.75, 3.05) is 13.1 Å². The van der Waals surface area contributed by atoms with Gasteiger partial charge in [0.1, 0.15) is 0 Å². The third kappa shape index (κ3) is 11.2. The molecule has 0 bridgehead atoms. The molecule has 2 nitrogen and oxygen atoms in total. The van der Waals surface area contributed by atoms with Crippen molar-refractivity contribution in [2.24, 2.45) is 11.5 Å². The molecule has 0 spiro atoms. The fourth-order valence-electron chi connectivity index (χ4n) is 0. The molecule has 0 saturated heterocycles. The Labute approximate surface area is 57.2 Å². The molecule has 5 heavy (non-hydrogen) atoms. The fraction of sp³-hybridized carbons (Fsp3) is 1.00. The minimum Gasteiger partial charge on any atom is -0.329 e. The summed E-state index contributed by atoms with van der Waals surface area (Å²) in [5.41, 5.74) is 9.81. The zero-order chi connectivity index (χ0) is 3.41. The zero-order valence-corrected chi connectivity index (χ0v) is 5.98. The predicted octanol–water partition coefficient (Wildman–Crippen LogP) is -1.10. The Hall–Kier alpha value is 1.02. The molecule has 0 aliphatic heterocycles. The largest absolute Gasteiger partial charge is 0.329 e. The summed E-state index contributed by atoms with van der Waals surface area (Å²) in [6, 6.07) is 0. The van der Waals surface area contributed by atoms with Gasteiger partial charge in [-0.2, -0.15) is 0 Å². The number of nitrogens with two attached hydrogens (primary N) is 2.